The first kappa shape index (κ1) is 21.9. The van der Waals surface area contributed by atoms with Gasteiger partial charge in [-0.15, -0.1) is 0 Å². The van der Waals surface area contributed by atoms with Crippen LogP contribution in [0.25, 0.3) is 0 Å². The topological polar surface area (TPSA) is 129 Å². The van der Waals surface area contributed by atoms with Gasteiger partial charge >= 0.3 is 23.9 Å². The minimum Gasteiger partial charge on any atom is -0.419 e. The van der Waals surface area contributed by atoms with Gasteiger partial charge in [0.05, 0.1) is 11.4 Å². The second kappa shape index (κ2) is 7.78. The van der Waals surface area contributed by atoms with Gasteiger partial charge in [0.25, 0.3) is 11.6 Å². The first-order valence-corrected chi connectivity index (χ1v) is 9.34. The molecule has 0 radical (unpaired) electrons. The number of nitrogens with one attached hydrogen (secondary N) is 2. The second-order valence-electron chi connectivity index (χ2n) is 7.81. The maximum absolute atomic E-state index is 12.1. The first-order valence-electron chi connectivity index (χ1n) is 9.34. The van der Waals surface area contributed by atoms with Crippen LogP contribution in [0.1, 0.15) is 33.3 Å². The Kier molecular flexibility index (Phi) is 5.49. The Bertz CT molecular complexity index is 992. The number of anilines is 2. The summed E-state index contributed by atoms with van der Waals surface area (Å²) in [6, 6.07) is 5.19. The van der Waals surface area contributed by atoms with E-state index < -0.39 is 35.5 Å². The van der Waals surface area contributed by atoms with Crippen LogP contribution in [0.15, 0.2) is 41.7 Å². The number of hydrogen-bond donors (Lipinski definition) is 2. The number of rotatable bonds is 4. The summed E-state index contributed by atoms with van der Waals surface area (Å²) in [5, 5.41) is 5.68. The molecule has 0 aromatic heterocycles. The molecule has 1 aromatic rings. The smallest absolute Gasteiger partial charge is 0.350 e. The third kappa shape index (κ3) is 5.03. The molecule has 2 N–H and O–H groups in total. The average molecular weight is 430 g/mol. The van der Waals surface area contributed by atoms with Crippen LogP contribution in [0.5, 0.6) is 0 Å². The summed E-state index contributed by atoms with van der Waals surface area (Å²) in [6.07, 6.45) is 2.33. The van der Waals surface area contributed by atoms with Crippen molar-refractivity contribution in [3.63, 3.8) is 0 Å². The van der Waals surface area contributed by atoms with Gasteiger partial charge in [0, 0.05) is 40.1 Å². The fraction of sp³-hybridized carbons (Fsp3) is 0.333. The molecule has 0 atom stereocenters. The highest BCUT2D eigenvalue weighted by atomic mass is 16.7. The molecule has 10 heteroatoms. The number of carbonyl (C=O) groups is 4. The zero-order valence-corrected chi connectivity index (χ0v) is 17.7. The highest BCUT2D eigenvalue weighted by Gasteiger charge is 2.40. The van der Waals surface area contributed by atoms with Crippen LogP contribution >= 0.6 is 0 Å². The van der Waals surface area contributed by atoms with Gasteiger partial charge in [-0.05, 0) is 24.6 Å². The van der Waals surface area contributed by atoms with E-state index in [4.69, 9.17) is 18.9 Å². The van der Waals surface area contributed by atoms with Gasteiger partial charge in [0.15, 0.2) is 11.1 Å². The van der Waals surface area contributed by atoms with Crippen LogP contribution in [0.4, 0.5) is 11.4 Å². The molecular weight excluding hydrogens is 408 g/mol. The van der Waals surface area contributed by atoms with Crippen molar-refractivity contribution in [3.8, 4) is 0 Å². The third-order valence-electron chi connectivity index (χ3n) is 4.15. The van der Waals surface area contributed by atoms with Gasteiger partial charge in [-0.3, -0.25) is 0 Å². The van der Waals surface area contributed by atoms with Gasteiger partial charge in [-0.2, -0.15) is 0 Å². The summed E-state index contributed by atoms with van der Waals surface area (Å²) in [6.45, 7) is 7.64. The van der Waals surface area contributed by atoms with E-state index in [1.165, 1.54) is 33.9 Å². The number of carbonyl (C=O) groups excluding carboxylic acids is 4. The van der Waals surface area contributed by atoms with Crippen molar-refractivity contribution in [2.45, 2.75) is 46.2 Å². The van der Waals surface area contributed by atoms with E-state index >= 15 is 0 Å². The number of hydrogen-bond acceptors (Lipinski definition) is 10. The maximum atomic E-state index is 12.1. The lowest BCUT2D eigenvalue weighted by Gasteiger charge is -2.30. The largest absolute Gasteiger partial charge is 0.419 e. The van der Waals surface area contributed by atoms with Crippen LogP contribution in [0, 0.1) is 6.92 Å². The van der Waals surface area contributed by atoms with Crippen molar-refractivity contribution >= 4 is 35.3 Å². The highest BCUT2D eigenvalue weighted by molar-refractivity contribution is 6.16. The predicted molar refractivity (Wildman–Crippen MR) is 107 cm³/mol. The molecule has 2 heterocycles. The summed E-state index contributed by atoms with van der Waals surface area (Å²) in [7, 11) is 0. The van der Waals surface area contributed by atoms with Gasteiger partial charge < -0.3 is 29.6 Å². The lowest BCUT2D eigenvalue weighted by molar-refractivity contribution is -0.224. The molecule has 2 fully saturated rings. The third-order valence-corrected chi connectivity index (χ3v) is 4.15. The zero-order valence-electron chi connectivity index (χ0n) is 17.7. The van der Waals surface area contributed by atoms with Crippen molar-refractivity contribution in [2.75, 3.05) is 10.6 Å². The molecule has 31 heavy (non-hydrogen) atoms. The molecule has 0 saturated carbocycles. The van der Waals surface area contributed by atoms with Gasteiger partial charge in [0.2, 0.25) is 0 Å². The molecule has 10 nitrogen and oxygen atoms in total. The Labute approximate surface area is 178 Å². The molecule has 0 aliphatic carbocycles. The van der Waals surface area contributed by atoms with Crippen LogP contribution in [-0.2, 0) is 38.1 Å². The van der Waals surface area contributed by atoms with E-state index in [2.05, 4.69) is 10.6 Å². The summed E-state index contributed by atoms with van der Waals surface area (Å²) < 4.78 is 20.2. The summed E-state index contributed by atoms with van der Waals surface area (Å²) in [5.41, 5.74) is 1.14. The summed E-state index contributed by atoms with van der Waals surface area (Å²) in [5.74, 6) is -5.99. The monoisotopic (exact) mass is 430 g/mol. The number of esters is 4. The predicted octanol–water partition coefficient (Wildman–Crippen LogP) is 2.26. The van der Waals surface area contributed by atoms with Crippen molar-refractivity contribution in [1.29, 1.82) is 0 Å². The van der Waals surface area contributed by atoms with E-state index in [1.807, 2.05) is 6.92 Å². The zero-order chi connectivity index (χ0) is 23.0. The fourth-order valence-electron chi connectivity index (χ4n) is 2.76. The van der Waals surface area contributed by atoms with Gasteiger partial charge in [-0.1, -0.05) is 6.07 Å². The second-order valence-corrected chi connectivity index (χ2v) is 7.81. The van der Waals surface area contributed by atoms with E-state index in [-0.39, 0.29) is 11.1 Å². The summed E-state index contributed by atoms with van der Waals surface area (Å²) >= 11 is 0. The van der Waals surface area contributed by atoms with Gasteiger partial charge in [0.1, 0.15) is 0 Å². The SMILES string of the molecule is Cc1ccc(NC=C2C(=O)OC(C)(C)OC2=O)c(NC=C2C(=O)OC(C)(C)OC2=O)c1. The van der Waals surface area contributed by atoms with E-state index in [1.54, 1.807) is 18.2 Å². The average Bonchev–Trinajstić information content (AvgIpc) is 2.59. The molecule has 0 bridgehead atoms. The first-order chi connectivity index (χ1) is 14.4. The Balaban J connectivity index is 1.82. The van der Waals surface area contributed by atoms with Crippen LogP contribution in [-0.4, -0.2) is 35.5 Å². The van der Waals surface area contributed by atoms with E-state index in [0.717, 1.165) is 11.8 Å². The van der Waals surface area contributed by atoms with E-state index in [0.29, 0.717) is 11.4 Å². The van der Waals surface area contributed by atoms with Crippen LogP contribution in [0.3, 0.4) is 0 Å². The number of cyclic esters (lactones) is 4. The quantitative estimate of drug-likeness (QED) is 0.417. The van der Waals surface area contributed by atoms with E-state index in [9.17, 15) is 19.2 Å². The normalized spacial score (nSPS) is 19.5. The number of benzene rings is 1. The van der Waals surface area contributed by atoms with Crippen molar-refractivity contribution in [1.82, 2.24) is 0 Å². The highest BCUT2D eigenvalue weighted by Crippen LogP contribution is 2.27. The molecule has 0 spiro atoms. The molecule has 2 aliphatic heterocycles. The molecule has 2 aliphatic rings. The standard InChI is InChI=1S/C21H22N2O8/c1-11-6-7-14(22-9-12-16(24)28-20(2,3)29-17(12)25)15(8-11)23-10-13-18(26)30-21(4,5)31-19(13)27/h6-10,22-23H,1-5H3. The molecule has 3 rings (SSSR count). The van der Waals surface area contributed by atoms with Crippen LogP contribution < -0.4 is 10.6 Å². The Morgan fingerprint density at radius 3 is 1.48 bits per heavy atom. The molecular formula is C21H22N2O8. The van der Waals surface area contributed by atoms with Gasteiger partial charge in [-0.25, -0.2) is 19.2 Å². The summed E-state index contributed by atoms with van der Waals surface area (Å²) in [4.78, 5) is 48.3. The fourth-order valence-corrected chi connectivity index (χ4v) is 2.76. The molecule has 2 saturated heterocycles. The Morgan fingerprint density at radius 1 is 0.677 bits per heavy atom. The maximum Gasteiger partial charge on any atom is 0.350 e. The van der Waals surface area contributed by atoms with Crippen molar-refractivity contribution in [3.05, 3.63) is 47.3 Å². The molecule has 0 unspecified atom stereocenters. The molecule has 0 amide bonds. The molecule has 164 valence electrons. The Morgan fingerprint density at radius 2 is 1.06 bits per heavy atom. The minimum atomic E-state index is -1.34. The number of aryl methyl sites for hydroxylation is 1. The lowest BCUT2D eigenvalue weighted by Crippen LogP contribution is -2.42. The lowest BCUT2D eigenvalue weighted by atomic mass is 10.1. The minimum absolute atomic E-state index is 0.313. The Hall–Kier alpha value is -3.82. The van der Waals surface area contributed by atoms with Crippen LogP contribution in [0.2, 0.25) is 0 Å². The number of ether oxygens (including phenoxy) is 4. The van der Waals surface area contributed by atoms with Crippen molar-refractivity contribution in [2.24, 2.45) is 0 Å². The van der Waals surface area contributed by atoms with Crippen molar-refractivity contribution < 1.29 is 38.1 Å². The molecule has 1 aromatic carbocycles.